The predicted molar refractivity (Wildman–Crippen MR) is 226 cm³/mol. The quantitative estimate of drug-likeness (QED) is 0.174. The summed E-state index contributed by atoms with van der Waals surface area (Å²) >= 11 is 0. The zero-order valence-electron chi connectivity index (χ0n) is 29.7. The molecule has 0 atom stereocenters. The van der Waals surface area contributed by atoms with E-state index < -0.39 is 5.41 Å². The Balaban J connectivity index is 1.12. The van der Waals surface area contributed by atoms with Gasteiger partial charge in [-0.2, -0.15) is 0 Å². The van der Waals surface area contributed by atoms with Crippen LogP contribution in [0, 0.1) is 0 Å². The molecule has 0 heterocycles. The van der Waals surface area contributed by atoms with E-state index in [4.69, 9.17) is 0 Å². The van der Waals surface area contributed by atoms with Gasteiger partial charge >= 0.3 is 0 Å². The van der Waals surface area contributed by atoms with E-state index in [1.807, 2.05) is 0 Å². The highest BCUT2D eigenvalue weighted by Crippen LogP contribution is 2.64. The molecule has 0 N–H and O–H groups in total. The summed E-state index contributed by atoms with van der Waals surface area (Å²) in [5, 5.41) is 2.49. The number of anilines is 3. The van der Waals surface area contributed by atoms with Crippen LogP contribution in [0.2, 0.25) is 0 Å². The third kappa shape index (κ3) is 4.39. The minimum absolute atomic E-state index is 0.398. The smallest absolute Gasteiger partial charge is 0.0726 e. The Labute approximate surface area is 316 Å². The molecule has 2 aliphatic rings. The molecule has 1 heteroatoms. The van der Waals surface area contributed by atoms with E-state index in [0.29, 0.717) is 0 Å². The molecule has 9 aromatic rings. The highest BCUT2D eigenvalue weighted by molar-refractivity contribution is 6.01. The molecular weight excluding hydrogens is 651 g/mol. The highest BCUT2D eigenvalue weighted by Gasteiger charge is 2.52. The standard InChI is InChI=1S/C53H35N/c1-3-16-36(17-4-1)45-34-38-18-7-8-19-39(38)35-46(45)37-30-32-41(33-31-37)54(40-20-5-2-6-21-40)51-29-15-28-50-52(51)44-24-11-14-27-49(44)53(50)47-25-12-9-22-42(47)43-23-10-13-26-48(43)53/h1-35H. The molecule has 2 aliphatic carbocycles. The van der Waals surface area contributed by atoms with Gasteiger partial charge in [-0.25, -0.2) is 0 Å². The summed E-state index contributed by atoms with van der Waals surface area (Å²) in [7, 11) is 0. The Kier molecular flexibility index (Phi) is 6.84. The average Bonchev–Trinajstić information content (AvgIpc) is 3.72. The number of hydrogen-bond acceptors (Lipinski definition) is 1. The molecule has 0 saturated heterocycles. The number of benzene rings is 9. The fraction of sp³-hybridized carbons (Fsp3) is 0.0189. The molecule has 0 amide bonds. The third-order valence-electron chi connectivity index (χ3n) is 11.7. The first kappa shape index (κ1) is 30.6. The molecule has 9 aromatic carbocycles. The Hall–Kier alpha value is -6.96. The maximum absolute atomic E-state index is 2.45. The van der Waals surface area contributed by atoms with Gasteiger partial charge in [0.15, 0.2) is 0 Å². The van der Waals surface area contributed by atoms with Crippen LogP contribution in [0.1, 0.15) is 22.3 Å². The molecule has 0 unspecified atom stereocenters. The van der Waals surface area contributed by atoms with Crippen LogP contribution in [0.15, 0.2) is 212 Å². The van der Waals surface area contributed by atoms with E-state index in [2.05, 4.69) is 217 Å². The summed E-state index contributed by atoms with van der Waals surface area (Å²) in [5.41, 5.74) is 18.5. The van der Waals surface area contributed by atoms with Gasteiger partial charge in [0, 0.05) is 16.9 Å². The van der Waals surface area contributed by atoms with Crippen LogP contribution in [0.5, 0.6) is 0 Å². The Morgan fingerprint density at radius 3 is 1.35 bits per heavy atom. The van der Waals surface area contributed by atoms with Crippen LogP contribution in [0.4, 0.5) is 17.1 Å². The predicted octanol–water partition coefficient (Wildman–Crippen LogP) is 14.0. The Morgan fingerprint density at radius 2 is 0.741 bits per heavy atom. The van der Waals surface area contributed by atoms with Crippen molar-refractivity contribution in [2.45, 2.75) is 5.41 Å². The normalized spacial score (nSPS) is 13.0. The minimum Gasteiger partial charge on any atom is -0.310 e. The van der Waals surface area contributed by atoms with Crippen LogP contribution in [-0.4, -0.2) is 0 Å². The van der Waals surface area contributed by atoms with Crippen molar-refractivity contribution in [3.05, 3.63) is 235 Å². The Morgan fingerprint density at radius 1 is 0.296 bits per heavy atom. The van der Waals surface area contributed by atoms with E-state index in [1.165, 1.54) is 83.2 Å². The second kappa shape index (κ2) is 12.0. The van der Waals surface area contributed by atoms with Gasteiger partial charge in [-0.1, -0.05) is 170 Å². The molecule has 1 nitrogen and oxygen atoms in total. The third-order valence-corrected chi connectivity index (χ3v) is 11.7. The molecule has 0 aromatic heterocycles. The van der Waals surface area contributed by atoms with Crippen LogP contribution in [0.25, 0.3) is 55.3 Å². The molecular formula is C53H35N. The lowest BCUT2D eigenvalue weighted by atomic mass is 9.70. The number of rotatable bonds is 5. The van der Waals surface area contributed by atoms with Gasteiger partial charge in [0.25, 0.3) is 0 Å². The van der Waals surface area contributed by atoms with E-state index in [9.17, 15) is 0 Å². The van der Waals surface area contributed by atoms with E-state index >= 15 is 0 Å². The number of fused-ring (bicyclic) bond motifs is 11. The molecule has 1 spiro atoms. The zero-order chi connectivity index (χ0) is 35.6. The maximum atomic E-state index is 2.45. The van der Waals surface area contributed by atoms with Crippen LogP contribution in [-0.2, 0) is 5.41 Å². The average molecular weight is 686 g/mol. The van der Waals surface area contributed by atoms with Gasteiger partial charge in [-0.05, 0) is 114 Å². The first-order valence-corrected chi connectivity index (χ1v) is 18.8. The van der Waals surface area contributed by atoms with Gasteiger partial charge < -0.3 is 4.90 Å². The van der Waals surface area contributed by atoms with E-state index in [1.54, 1.807) is 0 Å². The first-order valence-electron chi connectivity index (χ1n) is 18.8. The van der Waals surface area contributed by atoms with E-state index in [-0.39, 0.29) is 0 Å². The van der Waals surface area contributed by atoms with Gasteiger partial charge in [-0.3, -0.25) is 0 Å². The molecule has 0 bridgehead atoms. The summed E-state index contributed by atoms with van der Waals surface area (Å²) < 4.78 is 0. The van der Waals surface area contributed by atoms with Crippen LogP contribution >= 0.6 is 0 Å². The summed E-state index contributed by atoms with van der Waals surface area (Å²) in [6, 6.07) is 78.1. The molecule has 11 rings (SSSR count). The van der Waals surface area contributed by atoms with Crippen molar-refractivity contribution in [3.63, 3.8) is 0 Å². The number of nitrogens with zero attached hydrogens (tertiary/aromatic N) is 1. The van der Waals surface area contributed by atoms with Crippen molar-refractivity contribution in [1.29, 1.82) is 0 Å². The van der Waals surface area contributed by atoms with Crippen molar-refractivity contribution >= 4 is 27.8 Å². The van der Waals surface area contributed by atoms with Crippen molar-refractivity contribution in [2.24, 2.45) is 0 Å². The maximum Gasteiger partial charge on any atom is 0.0726 e. The van der Waals surface area contributed by atoms with Crippen LogP contribution in [0.3, 0.4) is 0 Å². The lowest BCUT2D eigenvalue weighted by Crippen LogP contribution is -2.26. The molecule has 0 radical (unpaired) electrons. The number of para-hydroxylation sites is 1. The summed E-state index contributed by atoms with van der Waals surface area (Å²) in [6.07, 6.45) is 0. The van der Waals surface area contributed by atoms with Gasteiger partial charge in [0.1, 0.15) is 0 Å². The lowest BCUT2D eigenvalue weighted by molar-refractivity contribution is 0.794. The van der Waals surface area contributed by atoms with Crippen molar-refractivity contribution in [2.75, 3.05) is 4.90 Å². The minimum atomic E-state index is -0.398. The lowest BCUT2D eigenvalue weighted by Gasteiger charge is -2.31. The monoisotopic (exact) mass is 685 g/mol. The number of hydrogen-bond donors (Lipinski definition) is 0. The molecule has 252 valence electrons. The second-order valence-electron chi connectivity index (χ2n) is 14.4. The fourth-order valence-corrected chi connectivity index (χ4v) is 9.44. The first-order chi connectivity index (χ1) is 26.8. The van der Waals surface area contributed by atoms with Gasteiger partial charge in [-0.15, -0.1) is 0 Å². The summed E-state index contributed by atoms with van der Waals surface area (Å²) in [5.74, 6) is 0. The molecule has 0 aliphatic heterocycles. The topological polar surface area (TPSA) is 3.24 Å². The summed E-state index contributed by atoms with van der Waals surface area (Å²) in [4.78, 5) is 2.45. The molecule has 54 heavy (non-hydrogen) atoms. The van der Waals surface area contributed by atoms with Crippen LogP contribution < -0.4 is 4.90 Å². The second-order valence-corrected chi connectivity index (χ2v) is 14.4. The van der Waals surface area contributed by atoms with Crippen molar-refractivity contribution < 1.29 is 0 Å². The van der Waals surface area contributed by atoms with Gasteiger partial charge in [0.2, 0.25) is 0 Å². The largest absolute Gasteiger partial charge is 0.310 e. The van der Waals surface area contributed by atoms with Crippen molar-refractivity contribution in [3.8, 4) is 44.5 Å². The Bertz CT molecular complexity index is 2820. The fourth-order valence-electron chi connectivity index (χ4n) is 9.44. The van der Waals surface area contributed by atoms with E-state index in [0.717, 1.165) is 11.4 Å². The molecule has 0 fully saturated rings. The summed E-state index contributed by atoms with van der Waals surface area (Å²) in [6.45, 7) is 0. The SMILES string of the molecule is c1ccc(-c2cc3ccccc3cc2-c2ccc(N(c3ccccc3)c3cccc4c3-c3ccccc3C43c4ccccc4-c4ccccc43)cc2)cc1. The zero-order valence-corrected chi connectivity index (χ0v) is 29.7. The highest BCUT2D eigenvalue weighted by atomic mass is 15.1. The van der Waals surface area contributed by atoms with Gasteiger partial charge in [0.05, 0.1) is 11.1 Å². The molecule has 0 saturated carbocycles. The van der Waals surface area contributed by atoms with Crippen molar-refractivity contribution in [1.82, 2.24) is 0 Å².